The molecule has 2 aromatic carbocycles. The van der Waals surface area contributed by atoms with E-state index in [0.717, 1.165) is 55.0 Å². The second-order valence-corrected chi connectivity index (χ2v) is 7.17. The molecule has 4 rings (SSSR count). The highest BCUT2D eigenvalue weighted by Gasteiger charge is 2.34. The molecule has 0 fully saturated rings. The molecule has 2 aliphatic rings. The summed E-state index contributed by atoms with van der Waals surface area (Å²) in [5, 5.41) is 0. The SMILES string of the molecule is COc1ccc2c(c1OC)CN1CCc3cc(OCC=O)c(C)cc3C1C2. The van der Waals surface area contributed by atoms with E-state index < -0.39 is 0 Å². The van der Waals surface area contributed by atoms with E-state index in [1.165, 1.54) is 22.3 Å². The third-order valence-corrected chi connectivity index (χ3v) is 5.73. The Morgan fingerprint density at radius 1 is 1.15 bits per heavy atom. The first-order chi connectivity index (χ1) is 13.2. The van der Waals surface area contributed by atoms with Crippen LogP contribution in [0.25, 0.3) is 0 Å². The van der Waals surface area contributed by atoms with Crippen LogP contribution in [0.3, 0.4) is 0 Å². The van der Waals surface area contributed by atoms with Gasteiger partial charge in [0.1, 0.15) is 12.4 Å². The first-order valence-corrected chi connectivity index (χ1v) is 9.33. The van der Waals surface area contributed by atoms with Crippen LogP contribution >= 0.6 is 0 Å². The van der Waals surface area contributed by atoms with Crippen LogP contribution in [0.15, 0.2) is 24.3 Å². The van der Waals surface area contributed by atoms with Gasteiger partial charge < -0.3 is 14.2 Å². The van der Waals surface area contributed by atoms with Crippen LogP contribution in [-0.4, -0.2) is 38.6 Å². The Hall–Kier alpha value is -2.53. The van der Waals surface area contributed by atoms with Crippen molar-refractivity contribution < 1.29 is 19.0 Å². The van der Waals surface area contributed by atoms with E-state index in [1.54, 1.807) is 14.2 Å². The Morgan fingerprint density at radius 3 is 2.74 bits per heavy atom. The highest BCUT2D eigenvalue weighted by molar-refractivity contribution is 5.54. The van der Waals surface area contributed by atoms with Crippen molar-refractivity contribution in [1.29, 1.82) is 0 Å². The fraction of sp³-hybridized carbons (Fsp3) is 0.409. The van der Waals surface area contributed by atoms with Crippen LogP contribution in [0.4, 0.5) is 0 Å². The van der Waals surface area contributed by atoms with Gasteiger partial charge in [-0.15, -0.1) is 0 Å². The van der Waals surface area contributed by atoms with E-state index in [9.17, 15) is 4.79 Å². The smallest absolute Gasteiger partial charge is 0.165 e. The predicted molar refractivity (Wildman–Crippen MR) is 103 cm³/mol. The molecule has 0 saturated carbocycles. The Balaban J connectivity index is 1.70. The minimum atomic E-state index is 0.101. The van der Waals surface area contributed by atoms with Crippen molar-refractivity contribution in [2.24, 2.45) is 0 Å². The lowest BCUT2D eigenvalue weighted by atomic mass is 9.83. The van der Waals surface area contributed by atoms with Crippen molar-refractivity contribution in [3.05, 3.63) is 52.1 Å². The number of fused-ring (bicyclic) bond motifs is 4. The molecule has 5 nitrogen and oxygen atoms in total. The lowest BCUT2D eigenvalue weighted by Crippen LogP contribution is -2.39. The van der Waals surface area contributed by atoms with Gasteiger partial charge in [-0.2, -0.15) is 0 Å². The quantitative estimate of drug-likeness (QED) is 0.760. The van der Waals surface area contributed by atoms with Crippen LogP contribution in [0.2, 0.25) is 0 Å². The largest absolute Gasteiger partial charge is 0.493 e. The van der Waals surface area contributed by atoms with E-state index in [-0.39, 0.29) is 6.61 Å². The molecule has 0 amide bonds. The van der Waals surface area contributed by atoms with Gasteiger partial charge in [0.25, 0.3) is 0 Å². The van der Waals surface area contributed by atoms with Crippen LogP contribution in [-0.2, 0) is 24.2 Å². The van der Waals surface area contributed by atoms with Crippen molar-refractivity contribution in [3.63, 3.8) is 0 Å². The Kier molecular flexibility index (Phi) is 4.79. The molecule has 2 aliphatic heterocycles. The molecule has 0 spiro atoms. The zero-order chi connectivity index (χ0) is 19.0. The molecule has 27 heavy (non-hydrogen) atoms. The third kappa shape index (κ3) is 3.06. The number of ether oxygens (including phenoxy) is 3. The predicted octanol–water partition coefficient (Wildman–Crippen LogP) is 3.25. The van der Waals surface area contributed by atoms with Gasteiger partial charge in [-0.1, -0.05) is 12.1 Å². The number of nitrogens with zero attached hydrogens (tertiary/aromatic N) is 1. The number of carbonyl (C=O) groups is 1. The fourth-order valence-corrected chi connectivity index (χ4v) is 4.41. The number of benzene rings is 2. The molecule has 1 atom stereocenters. The molecule has 2 aromatic rings. The van der Waals surface area contributed by atoms with Gasteiger partial charge >= 0.3 is 0 Å². The van der Waals surface area contributed by atoms with Crippen molar-refractivity contribution in [1.82, 2.24) is 4.90 Å². The Morgan fingerprint density at radius 2 is 2.00 bits per heavy atom. The van der Waals surface area contributed by atoms with Gasteiger partial charge in [0.2, 0.25) is 0 Å². The number of aryl methyl sites for hydroxylation is 1. The van der Waals surface area contributed by atoms with Crippen LogP contribution in [0.5, 0.6) is 17.2 Å². The summed E-state index contributed by atoms with van der Waals surface area (Å²) < 4.78 is 16.7. The summed E-state index contributed by atoms with van der Waals surface area (Å²) in [5.74, 6) is 2.46. The molecular formula is C22H25NO4. The summed E-state index contributed by atoms with van der Waals surface area (Å²) in [6.45, 7) is 4.00. The first-order valence-electron chi connectivity index (χ1n) is 9.33. The zero-order valence-corrected chi connectivity index (χ0v) is 16.1. The Bertz CT molecular complexity index is 877. The van der Waals surface area contributed by atoms with Crippen molar-refractivity contribution in [3.8, 4) is 17.2 Å². The van der Waals surface area contributed by atoms with Gasteiger partial charge in [0, 0.05) is 24.7 Å². The summed E-state index contributed by atoms with van der Waals surface area (Å²) in [4.78, 5) is 13.2. The van der Waals surface area contributed by atoms with Crippen molar-refractivity contribution in [2.75, 3.05) is 27.4 Å². The summed E-state index contributed by atoms with van der Waals surface area (Å²) in [6.07, 6.45) is 2.72. The fourth-order valence-electron chi connectivity index (χ4n) is 4.41. The third-order valence-electron chi connectivity index (χ3n) is 5.73. The molecule has 142 valence electrons. The summed E-state index contributed by atoms with van der Waals surface area (Å²) in [5.41, 5.74) is 6.33. The molecule has 0 aromatic heterocycles. The lowest BCUT2D eigenvalue weighted by molar-refractivity contribution is -0.109. The number of hydrogen-bond acceptors (Lipinski definition) is 5. The van der Waals surface area contributed by atoms with Gasteiger partial charge in [-0.3, -0.25) is 9.69 Å². The summed E-state index contributed by atoms with van der Waals surface area (Å²) in [6, 6.07) is 8.88. The molecule has 2 heterocycles. The minimum Gasteiger partial charge on any atom is -0.493 e. The molecule has 5 heteroatoms. The van der Waals surface area contributed by atoms with Crippen LogP contribution in [0, 0.1) is 6.92 Å². The normalized spacial score (nSPS) is 18.1. The highest BCUT2D eigenvalue weighted by atomic mass is 16.5. The number of methoxy groups -OCH3 is 2. The van der Waals surface area contributed by atoms with Gasteiger partial charge in [0.05, 0.1) is 14.2 Å². The zero-order valence-electron chi connectivity index (χ0n) is 16.1. The maximum atomic E-state index is 10.6. The first kappa shape index (κ1) is 17.9. The van der Waals surface area contributed by atoms with Gasteiger partial charge in [0.15, 0.2) is 17.8 Å². The number of hydrogen-bond donors (Lipinski definition) is 0. The number of aldehydes is 1. The van der Waals surface area contributed by atoms with Crippen molar-refractivity contribution >= 4 is 6.29 Å². The monoisotopic (exact) mass is 367 g/mol. The van der Waals surface area contributed by atoms with Crippen LogP contribution in [0.1, 0.15) is 33.9 Å². The standard InChI is InChI=1S/C22H25NO4/c1-14-10-17-16(12-21(14)27-9-8-24)6-7-23-13-18-15(11-19(17)23)4-5-20(25-2)22(18)26-3/h4-5,8,10,12,19H,6-7,9,11,13H2,1-3H3. The average molecular weight is 367 g/mol. The van der Waals surface area contributed by atoms with Gasteiger partial charge in [-0.05, 0) is 54.2 Å². The molecular weight excluding hydrogens is 342 g/mol. The summed E-state index contributed by atoms with van der Waals surface area (Å²) in [7, 11) is 3.39. The van der Waals surface area contributed by atoms with Crippen molar-refractivity contribution in [2.45, 2.75) is 32.4 Å². The van der Waals surface area contributed by atoms with E-state index >= 15 is 0 Å². The Labute approximate surface area is 159 Å². The average Bonchev–Trinajstić information content (AvgIpc) is 2.70. The maximum absolute atomic E-state index is 10.6. The minimum absolute atomic E-state index is 0.101. The molecule has 0 aliphatic carbocycles. The number of rotatable bonds is 5. The van der Waals surface area contributed by atoms with E-state index in [0.29, 0.717) is 6.04 Å². The lowest BCUT2D eigenvalue weighted by Gasteiger charge is -2.42. The second-order valence-electron chi connectivity index (χ2n) is 7.17. The number of carbonyl (C=O) groups excluding carboxylic acids is 1. The van der Waals surface area contributed by atoms with E-state index in [2.05, 4.69) is 23.1 Å². The van der Waals surface area contributed by atoms with Crippen LogP contribution < -0.4 is 14.2 Å². The second kappa shape index (κ2) is 7.24. The molecule has 0 radical (unpaired) electrons. The molecule has 0 N–H and O–H groups in total. The van der Waals surface area contributed by atoms with E-state index in [1.807, 2.05) is 13.0 Å². The van der Waals surface area contributed by atoms with E-state index in [4.69, 9.17) is 14.2 Å². The molecule has 0 saturated heterocycles. The topological polar surface area (TPSA) is 48.0 Å². The van der Waals surface area contributed by atoms with Gasteiger partial charge in [-0.25, -0.2) is 0 Å². The summed E-state index contributed by atoms with van der Waals surface area (Å²) >= 11 is 0. The molecule has 1 unspecified atom stereocenters. The highest BCUT2D eigenvalue weighted by Crippen LogP contribution is 2.44. The molecule has 0 bridgehead atoms. The maximum Gasteiger partial charge on any atom is 0.165 e.